The number of benzene rings is 1. The fraction of sp³-hybridized carbons (Fsp3) is 0.500. The Bertz CT molecular complexity index is 1210. The van der Waals surface area contributed by atoms with Crippen LogP contribution < -0.4 is 26.0 Å². The number of amides is 1. The maximum absolute atomic E-state index is 14.0. The number of hydrogen-bond donors (Lipinski definition) is 5. The topological polar surface area (TPSA) is 112 Å². The molecule has 194 valence electrons. The molecule has 5 rings (SSSR count). The van der Waals surface area contributed by atoms with E-state index in [4.69, 9.17) is 4.74 Å². The van der Waals surface area contributed by atoms with Gasteiger partial charge in [-0.3, -0.25) is 10.6 Å². The summed E-state index contributed by atoms with van der Waals surface area (Å²) in [4.78, 5) is 19.2. The third kappa shape index (κ3) is 4.74. The van der Waals surface area contributed by atoms with Gasteiger partial charge < -0.3 is 25.1 Å². The standard InChI is InChI=1S/C24H29F3N6O3/c1-3-36-20-17(32-22(34)35-2)5-4-14-15(11-28-19(14)20)18-16(24(25,26)27)12-29-21(33-18)31-13-6-7-23(8-9-23)30-10-13/h4-5,11-13,21,28-31H,3,6-10H2,1-2H3,(H,32,34). The normalized spacial score (nSPS) is 23.0. The molecule has 1 aromatic heterocycles. The molecule has 2 unspecified atom stereocenters. The molecule has 2 aromatic rings. The molecule has 9 nitrogen and oxygen atoms in total. The Morgan fingerprint density at radius 3 is 2.72 bits per heavy atom. The van der Waals surface area contributed by atoms with Crippen LogP contribution in [0.1, 0.15) is 38.2 Å². The van der Waals surface area contributed by atoms with Crippen molar-refractivity contribution in [1.82, 2.24) is 20.9 Å². The Balaban J connectivity index is 1.48. The molecule has 1 saturated heterocycles. The average Bonchev–Trinajstić information content (AvgIpc) is 3.47. The zero-order chi connectivity index (χ0) is 25.5. The van der Waals surface area contributed by atoms with Gasteiger partial charge in [-0.1, -0.05) is 0 Å². The number of aromatic nitrogens is 1. The number of ether oxygens (including phenoxy) is 2. The second-order valence-electron chi connectivity index (χ2n) is 9.28. The Morgan fingerprint density at radius 2 is 2.08 bits per heavy atom. The van der Waals surface area contributed by atoms with Crippen molar-refractivity contribution in [3.8, 4) is 5.75 Å². The van der Waals surface area contributed by atoms with Crippen LogP contribution in [0.5, 0.6) is 5.75 Å². The largest absolute Gasteiger partial charge is 0.489 e. The first-order valence-corrected chi connectivity index (χ1v) is 12.0. The molecular formula is C24H29F3N6O3. The Kier molecular flexibility index (Phi) is 6.33. The summed E-state index contributed by atoms with van der Waals surface area (Å²) in [5, 5.41) is 12.7. The van der Waals surface area contributed by atoms with Crippen molar-refractivity contribution in [3.63, 3.8) is 0 Å². The van der Waals surface area contributed by atoms with Gasteiger partial charge in [0.15, 0.2) is 12.0 Å². The molecule has 5 N–H and O–H groups in total. The van der Waals surface area contributed by atoms with E-state index in [1.165, 1.54) is 26.1 Å². The van der Waals surface area contributed by atoms with E-state index in [-0.39, 0.29) is 29.5 Å². The smallest absolute Gasteiger partial charge is 0.419 e. The number of carbonyl (C=O) groups excluding carboxylic acids is 1. The second kappa shape index (κ2) is 9.32. The number of H-pyrrole nitrogens is 1. The number of fused-ring (bicyclic) bond motifs is 1. The van der Waals surface area contributed by atoms with Crippen molar-refractivity contribution in [1.29, 1.82) is 0 Å². The second-order valence-corrected chi connectivity index (χ2v) is 9.28. The zero-order valence-corrected chi connectivity index (χ0v) is 20.0. The summed E-state index contributed by atoms with van der Waals surface area (Å²) in [6.07, 6.45) is 0.803. The van der Waals surface area contributed by atoms with E-state index in [1.54, 1.807) is 19.1 Å². The molecule has 0 bridgehead atoms. The fourth-order valence-electron chi connectivity index (χ4n) is 4.83. The summed E-state index contributed by atoms with van der Waals surface area (Å²) in [5.74, 6) is 0.302. The number of alkyl halides is 3. The maximum atomic E-state index is 14.0. The molecule has 0 radical (unpaired) electrons. The van der Waals surface area contributed by atoms with Crippen LogP contribution in [0.25, 0.3) is 10.9 Å². The number of piperidine rings is 1. The molecular weight excluding hydrogens is 477 g/mol. The van der Waals surface area contributed by atoms with Crippen molar-refractivity contribution in [2.24, 2.45) is 4.99 Å². The lowest BCUT2D eigenvalue weighted by Crippen LogP contribution is -2.55. The van der Waals surface area contributed by atoms with E-state index in [0.29, 0.717) is 22.3 Å². The number of carbonyl (C=O) groups is 1. The van der Waals surface area contributed by atoms with Crippen LogP contribution in [-0.2, 0) is 4.74 Å². The lowest BCUT2D eigenvalue weighted by Gasteiger charge is -2.33. The number of allylic oxidation sites excluding steroid dienone is 1. The molecule has 3 heterocycles. The Labute approximate surface area is 205 Å². The lowest BCUT2D eigenvalue weighted by molar-refractivity contribution is -0.0867. The highest BCUT2D eigenvalue weighted by molar-refractivity contribution is 6.21. The minimum atomic E-state index is -4.61. The molecule has 2 atom stereocenters. The number of anilines is 1. The molecule has 2 fully saturated rings. The first-order valence-electron chi connectivity index (χ1n) is 12.0. The van der Waals surface area contributed by atoms with Gasteiger partial charge in [-0.15, -0.1) is 0 Å². The number of methoxy groups -OCH3 is 1. The average molecular weight is 507 g/mol. The van der Waals surface area contributed by atoms with Crippen LogP contribution in [0.4, 0.5) is 23.7 Å². The number of nitrogens with one attached hydrogen (secondary N) is 5. The van der Waals surface area contributed by atoms with Gasteiger partial charge >= 0.3 is 12.3 Å². The monoisotopic (exact) mass is 506 g/mol. The van der Waals surface area contributed by atoms with Gasteiger partial charge in [-0.25, -0.2) is 9.79 Å². The molecule has 12 heteroatoms. The fourth-order valence-corrected chi connectivity index (χ4v) is 4.83. The quantitative estimate of drug-likeness (QED) is 0.408. The van der Waals surface area contributed by atoms with Crippen molar-refractivity contribution in [3.05, 3.63) is 35.7 Å². The van der Waals surface area contributed by atoms with Gasteiger partial charge in [0.05, 0.1) is 36.2 Å². The van der Waals surface area contributed by atoms with Crippen LogP contribution in [0.2, 0.25) is 0 Å². The summed E-state index contributed by atoms with van der Waals surface area (Å²) >= 11 is 0. The summed E-state index contributed by atoms with van der Waals surface area (Å²) in [6.45, 7) is 2.80. The third-order valence-corrected chi connectivity index (χ3v) is 6.92. The van der Waals surface area contributed by atoms with Crippen molar-refractivity contribution in [2.75, 3.05) is 25.6 Å². The van der Waals surface area contributed by atoms with Crippen LogP contribution in [0.15, 0.2) is 35.1 Å². The van der Waals surface area contributed by atoms with Crippen molar-refractivity contribution in [2.45, 2.75) is 56.7 Å². The highest BCUT2D eigenvalue weighted by Gasteiger charge is 2.45. The van der Waals surface area contributed by atoms with Crippen molar-refractivity contribution >= 4 is 28.4 Å². The maximum Gasteiger partial charge on any atom is 0.419 e. The van der Waals surface area contributed by atoms with E-state index in [0.717, 1.165) is 25.6 Å². The minimum absolute atomic E-state index is 0.0963. The molecule has 3 aliphatic rings. The molecule has 1 spiro atoms. The number of aromatic amines is 1. The number of nitrogens with zero attached hydrogens (tertiary/aromatic N) is 1. The molecule has 1 amide bonds. The van der Waals surface area contributed by atoms with E-state index in [9.17, 15) is 18.0 Å². The third-order valence-electron chi connectivity index (χ3n) is 6.92. The predicted molar refractivity (Wildman–Crippen MR) is 129 cm³/mol. The van der Waals surface area contributed by atoms with Gasteiger partial charge in [0.2, 0.25) is 0 Å². The summed E-state index contributed by atoms with van der Waals surface area (Å²) in [6, 6.07) is 3.28. The van der Waals surface area contributed by atoms with E-state index >= 15 is 0 Å². The molecule has 1 aromatic carbocycles. The van der Waals surface area contributed by atoms with Crippen LogP contribution >= 0.6 is 0 Å². The number of rotatable bonds is 6. The van der Waals surface area contributed by atoms with E-state index < -0.39 is 24.1 Å². The lowest BCUT2D eigenvalue weighted by atomic mass is 9.98. The van der Waals surface area contributed by atoms with Crippen LogP contribution in [0, 0.1) is 0 Å². The first kappa shape index (κ1) is 24.4. The molecule has 1 saturated carbocycles. The summed E-state index contributed by atoms with van der Waals surface area (Å²) < 4.78 is 52.4. The van der Waals surface area contributed by atoms with Crippen molar-refractivity contribution < 1.29 is 27.4 Å². The van der Waals surface area contributed by atoms with Gasteiger partial charge in [0, 0.05) is 41.5 Å². The first-order chi connectivity index (χ1) is 17.2. The molecule has 2 aliphatic heterocycles. The number of hydrogen-bond acceptors (Lipinski definition) is 7. The van der Waals surface area contributed by atoms with Gasteiger partial charge in [-0.2, -0.15) is 13.2 Å². The minimum Gasteiger partial charge on any atom is -0.489 e. The van der Waals surface area contributed by atoms with Gasteiger partial charge in [-0.05, 0) is 44.7 Å². The van der Waals surface area contributed by atoms with Crippen LogP contribution in [0.3, 0.4) is 0 Å². The SMILES string of the molecule is CCOc1c(NC(=O)OC)ccc2c(C3=NC(NC4CCC5(CC5)NC4)NC=C3C(F)(F)F)c[nH]c12. The Hall–Kier alpha value is -3.25. The highest BCUT2D eigenvalue weighted by Crippen LogP contribution is 2.42. The van der Waals surface area contributed by atoms with Gasteiger partial charge in [0.25, 0.3) is 0 Å². The number of aliphatic imine (C=N–C) groups is 1. The number of halogens is 3. The molecule has 1 aliphatic carbocycles. The van der Waals surface area contributed by atoms with E-state index in [2.05, 4.69) is 36.0 Å². The summed E-state index contributed by atoms with van der Waals surface area (Å²) in [7, 11) is 1.24. The highest BCUT2D eigenvalue weighted by atomic mass is 19.4. The predicted octanol–water partition coefficient (Wildman–Crippen LogP) is 3.74. The molecule has 36 heavy (non-hydrogen) atoms. The Morgan fingerprint density at radius 1 is 1.28 bits per heavy atom. The van der Waals surface area contributed by atoms with Crippen LogP contribution in [-0.4, -0.2) is 61.1 Å². The summed E-state index contributed by atoms with van der Waals surface area (Å²) in [5.41, 5.74) is 0.296. The zero-order valence-electron chi connectivity index (χ0n) is 20.0. The van der Waals surface area contributed by atoms with E-state index in [1.807, 2.05) is 0 Å². The van der Waals surface area contributed by atoms with Gasteiger partial charge in [0.1, 0.15) is 0 Å².